The average Bonchev–Trinajstić information content (AvgIpc) is 2.37. The second-order valence-corrected chi connectivity index (χ2v) is 7.48. The number of carbonyl (C=O) groups is 1. The number of aromatic nitrogens is 2. The molecule has 5 nitrogen and oxygen atoms in total. The van der Waals surface area contributed by atoms with Crippen molar-refractivity contribution in [2.45, 2.75) is 58.4 Å². The molecule has 0 spiro atoms. The second-order valence-electron chi connectivity index (χ2n) is 7.13. The SMILES string of the molecule is CN(C(=O)Oc1nc(Cl)c2c(n1)CCC(C)(C)C2)C1CCC1. The van der Waals surface area contributed by atoms with E-state index >= 15 is 0 Å². The topological polar surface area (TPSA) is 55.3 Å². The predicted octanol–water partition coefficient (Wildman–Crippen LogP) is 3.63. The second kappa shape index (κ2) is 5.69. The molecule has 1 heterocycles. The lowest BCUT2D eigenvalue weighted by atomic mass is 9.76. The average molecular weight is 324 g/mol. The van der Waals surface area contributed by atoms with E-state index in [4.69, 9.17) is 16.3 Å². The number of aryl methyl sites for hydroxylation is 1. The van der Waals surface area contributed by atoms with Crippen molar-refractivity contribution in [2.75, 3.05) is 7.05 Å². The molecule has 0 N–H and O–H groups in total. The maximum Gasteiger partial charge on any atom is 0.417 e. The van der Waals surface area contributed by atoms with Gasteiger partial charge in [-0.25, -0.2) is 4.79 Å². The van der Waals surface area contributed by atoms with Crippen molar-refractivity contribution in [3.63, 3.8) is 0 Å². The van der Waals surface area contributed by atoms with Crippen LogP contribution in [0, 0.1) is 5.41 Å². The maximum atomic E-state index is 12.1. The van der Waals surface area contributed by atoms with Gasteiger partial charge in [0.2, 0.25) is 0 Å². The quantitative estimate of drug-likeness (QED) is 0.780. The lowest BCUT2D eigenvalue weighted by molar-refractivity contribution is 0.117. The minimum Gasteiger partial charge on any atom is -0.374 e. The summed E-state index contributed by atoms with van der Waals surface area (Å²) in [6, 6.07) is 0.348. The van der Waals surface area contributed by atoms with Gasteiger partial charge in [0.05, 0.1) is 5.69 Å². The van der Waals surface area contributed by atoms with E-state index in [1.54, 1.807) is 11.9 Å². The van der Waals surface area contributed by atoms with Crippen LogP contribution in [0.2, 0.25) is 5.15 Å². The Morgan fingerprint density at radius 2 is 2.09 bits per heavy atom. The number of fused-ring (bicyclic) bond motifs is 1. The number of hydrogen-bond acceptors (Lipinski definition) is 4. The van der Waals surface area contributed by atoms with Gasteiger partial charge in [-0.2, -0.15) is 9.97 Å². The van der Waals surface area contributed by atoms with Gasteiger partial charge in [0, 0.05) is 18.7 Å². The van der Waals surface area contributed by atoms with Crippen LogP contribution in [0.3, 0.4) is 0 Å². The largest absolute Gasteiger partial charge is 0.417 e. The van der Waals surface area contributed by atoms with Crippen molar-refractivity contribution in [3.05, 3.63) is 16.4 Å². The Morgan fingerprint density at radius 1 is 1.36 bits per heavy atom. The normalized spacial score (nSPS) is 20.0. The van der Waals surface area contributed by atoms with Gasteiger partial charge >= 0.3 is 12.1 Å². The molecule has 1 amide bonds. The first kappa shape index (κ1) is 15.5. The minimum absolute atomic E-state index is 0.0691. The van der Waals surface area contributed by atoms with Gasteiger partial charge in [-0.05, 0) is 43.9 Å². The van der Waals surface area contributed by atoms with Crippen molar-refractivity contribution >= 4 is 17.7 Å². The molecular weight excluding hydrogens is 302 g/mol. The molecule has 6 heteroatoms. The Bertz CT molecular complexity index is 599. The Hall–Kier alpha value is -1.36. The van der Waals surface area contributed by atoms with Gasteiger partial charge in [0.25, 0.3) is 0 Å². The lowest BCUT2D eigenvalue weighted by Gasteiger charge is -2.33. The fraction of sp³-hybridized carbons (Fsp3) is 0.688. The third-order valence-electron chi connectivity index (χ3n) is 4.80. The van der Waals surface area contributed by atoms with Crippen LogP contribution < -0.4 is 4.74 Å². The summed E-state index contributed by atoms with van der Waals surface area (Å²) in [6.45, 7) is 4.43. The van der Waals surface area contributed by atoms with Gasteiger partial charge < -0.3 is 9.64 Å². The van der Waals surface area contributed by atoms with Gasteiger partial charge in [0.1, 0.15) is 5.15 Å². The van der Waals surface area contributed by atoms with Crippen molar-refractivity contribution in [2.24, 2.45) is 5.41 Å². The van der Waals surface area contributed by atoms with Crippen molar-refractivity contribution in [1.82, 2.24) is 14.9 Å². The molecule has 1 aromatic heterocycles. The van der Waals surface area contributed by atoms with Crippen LogP contribution in [-0.2, 0) is 12.8 Å². The molecule has 22 heavy (non-hydrogen) atoms. The maximum absolute atomic E-state index is 12.1. The van der Waals surface area contributed by atoms with E-state index in [1.165, 1.54) is 6.42 Å². The minimum atomic E-state index is -0.406. The number of hydrogen-bond donors (Lipinski definition) is 0. The summed E-state index contributed by atoms with van der Waals surface area (Å²) in [6.07, 6.45) is 5.57. The van der Waals surface area contributed by atoms with E-state index in [0.29, 0.717) is 5.15 Å². The first-order valence-corrected chi connectivity index (χ1v) is 8.23. The molecule has 0 unspecified atom stereocenters. The zero-order chi connectivity index (χ0) is 15.9. The van der Waals surface area contributed by atoms with Gasteiger partial charge in [0.15, 0.2) is 0 Å². The summed E-state index contributed by atoms with van der Waals surface area (Å²) < 4.78 is 5.31. The molecule has 0 aromatic carbocycles. The van der Waals surface area contributed by atoms with Crippen LogP contribution >= 0.6 is 11.6 Å². The highest BCUT2D eigenvalue weighted by molar-refractivity contribution is 6.30. The van der Waals surface area contributed by atoms with E-state index in [1.807, 2.05) is 0 Å². The molecule has 0 saturated heterocycles. The van der Waals surface area contributed by atoms with E-state index < -0.39 is 6.09 Å². The van der Waals surface area contributed by atoms with Crippen LogP contribution in [0.25, 0.3) is 0 Å². The van der Waals surface area contributed by atoms with E-state index in [0.717, 1.165) is 43.4 Å². The molecule has 2 aliphatic rings. The molecule has 0 bridgehead atoms. The van der Waals surface area contributed by atoms with Crippen LogP contribution in [0.1, 0.15) is 50.8 Å². The highest BCUT2D eigenvalue weighted by Crippen LogP contribution is 2.37. The molecule has 1 fully saturated rings. The number of halogens is 1. The number of carbonyl (C=O) groups excluding carboxylic acids is 1. The molecule has 2 aliphatic carbocycles. The molecule has 3 rings (SSSR count). The monoisotopic (exact) mass is 323 g/mol. The Morgan fingerprint density at radius 3 is 2.73 bits per heavy atom. The molecule has 0 radical (unpaired) electrons. The Kier molecular flexibility index (Phi) is 4.02. The Labute approximate surface area is 136 Å². The highest BCUT2D eigenvalue weighted by Gasteiger charge is 2.31. The standard InChI is InChI=1S/C16H22ClN3O2/c1-16(2)8-7-12-11(9-16)13(17)19-14(18-12)22-15(21)20(3)10-5-4-6-10/h10H,4-9H2,1-3H3. The highest BCUT2D eigenvalue weighted by atomic mass is 35.5. The first-order chi connectivity index (χ1) is 10.4. The van der Waals surface area contributed by atoms with Crippen LogP contribution in [0.4, 0.5) is 4.79 Å². The Balaban J connectivity index is 1.75. The van der Waals surface area contributed by atoms with Crippen molar-refractivity contribution in [3.8, 4) is 6.01 Å². The van der Waals surface area contributed by atoms with Crippen molar-refractivity contribution in [1.29, 1.82) is 0 Å². The fourth-order valence-corrected chi connectivity index (χ4v) is 3.25. The fourth-order valence-electron chi connectivity index (χ4n) is 3.00. The van der Waals surface area contributed by atoms with Gasteiger partial charge in [-0.15, -0.1) is 0 Å². The molecular formula is C16H22ClN3O2. The third-order valence-corrected chi connectivity index (χ3v) is 5.12. The summed E-state index contributed by atoms with van der Waals surface area (Å²) in [5, 5.41) is 0.409. The van der Waals surface area contributed by atoms with Crippen LogP contribution in [-0.4, -0.2) is 34.1 Å². The van der Waals surface area contributed by atoms with E-state index in [9.17, 15) is 4.79 Å². The molecule has 1 aromatic rings. The summed E-state index contributed by atoms with van der Waals surface area (Å²) in [7, 11) is 1.76. The number of rotatable bonds is 2. The van der Waals surface area contributed by atoms with Crippen molar-refractivity contribution < 1.29 is 9.53 Å². The molecule has 1 saturated carbocycles. The van der Waals surface area contributed by atoms with Gasteiger partial charge in [-0.1, -0.05) is 25.4 Å². The molecule has 0 atom stereocenters. The number of nitrogens with zero attached hydrogens (tertiary/aromatic N) is 3. The summed E-state index contributed by atoms with van der Waals surface area (Å²) >= 11 is 6.28. The van der Waals surface area contributed by atoms with E-state index in [-0.39, 0.29) is 17.5 Å². The molecule has 120 valence electrons. The summed E-state index contributed by atoms with van der Waals surface area (Å²) in [5.74, 6) is 0. The predicted molar refractivity (Wildman–Crippen MR) is 84.3 cm³/mol. The zero-order valence-corrected chi connectivity index (χ0v) is 14.1. The summed E-state index contributed by atoms with van der Waals surface area (Å²) in [4.78, 5) is 22.3. The van der Waals surface area contributed by atoms with E-state index in [2.05, 4.69) is 23.8 Å². The van der Waals surface area contributed by atoms with Crippen LogP contribution in [0.15, 0.2) is 0 Å². The number of ether oxygens (including phenoxy) is 1. The van der Waals surface area contributed by atoms with Gasteiger partial charge in [-0.3, -0.25) is 0 Å². The molecule has 0 aliphatic heterocycles. The third kappa shape index (κ3) is 3.05. The number of amides is 1. The zero-order valence-electron chi connectivity index (χ0n) is 13.4. The smallest absolute Gasteiger partial charge is 0.374 e. The summed E-state index contributed by atoms with van der Waals surface area (Å²) in [5.41, 5.74) is 2.11. The first-order valence-electron chi connectivity index (χ1n) is 7.86. The lowest BCUT2D eigenvalue weighted by Crippen LogP contribution is -2.43. The van der Waals surface area contributed by atoms with Crippen LogP contribution in [0.5, 0.6) is 6.01 Å².